The second kappa shape index (κ2) is 5.40. The van der Waals surface area contributed by atoms with Crippen LogP contribution in [-0.4, -0.2) is 38.1 Å². The van der Waals surface area contributed by atoms with Crippen molar-refractivity contribution in [2.45, 2.75) is 38.3 Å². The minimum atomic E-state index is -5.60. The van der Waals surface area contributed by atoms with Crippen LogP contribution < -0.4 is 0 Å². The van der Waals surface area contributed by atoms with Gasteiger partial charge in [0, 0.05) is 20.6 Å². The Labute approximate surface area is 93.6 Å². The van der Waals surface area contributed by atoms with Crippen molar-refractivity contribution < 1.29 is 40.6 Å². The Morgan fingerprint density at radius 1 is 1.00 bits per heavy atom. The highest BCUT2D eigenvalue weighted by atomic mass is 19.4. The summed E-state index contributed by atoms with van der Waals surface area (Å²) in [6, 6.07) is 0. The molecule has 0 aromatic rings. The van der Waals surface area contributed by atoms with Crippen molar-refractivity contribution in [1.82, 2.24) is 0 Å². The predicted octanol–water partition coefficient (Wildman–Crippen LogP) is 2.85. The average Bonchev–Trinajstić information content (AvgIpc) is 2.11. The minimum absolute atomic E-state index is 0.174. The van der Waals surface area contributed by atoms with Crippen LogP contribution in [0.4, 0.5) is 26.3 Å². The fourth-order valence-corrected chi connectivity index (χ4v) is 0.937. The molecule has 0 aromatic heterocycles. The van der Waals surface area contributed by atoms with Crippen molar-refractivity contribution in [3.05, 3.63) is 0 Å². The monoisotopic (exact) mass is 270 g/mol. The van der Waals surface area contributed by atoms with Gasteiger partial charge < -0.3 is 14.2 Å². The molecule has 0 heterocycles. The molecular weight excluding hydrogens is 258 g/mol. The van der Waals surface area contributed by atoms with Crippen molar-refractivity contribution in [3.8, 4) is 0 Å². The highest BCUT2D eigenvalue weighted by Gasteiger charge is 2.60. The van der Waals surface area contributed by atoms with Crippen LogP contribution in [0.2, 0.25) is 0 Å². The van der Waals surface area contributed by atoms with Gasteiger partial charge in [0.05, 0.1) is 0 Å². The van der Waals surface area contributed by atoms with E-state index in [-0.39, 0.29) is 6.61 Å². The van der Waals surface area contributed by atoms with Gasteiger partial charge in [0.15, 0.2) is 0 Å². The van der Waals surface area contributed by atoms with Crippen molar-refractivity contribution in [2.24, 2.45) is 0 Å². The Bertz CT molecular complexity index is 224. The lowest BCUT2D eigenvalue weighted by Gasteiger charge is -2.33. The van der Waals surface area contributed by atoms with E-state index in [1.807, 2.05) is 0 Å². The zero-order valence-corrected chi connectivity index (χ0v) is 9.28. The van der Waals surface area contributed by atoms with E-state index in [2.05, 4.69) is 14.2 Å². The van der Waals surface area contributed by atoms with Gasteiger partial charge in [-0.3, -0.25) is 0 Å². The predicted molar refractivity (Wildman–Crippen MR) is 44.0 cm³/mol. The Hall–Kier alpha value is -0.540. The third-order valence-electron chi connectivity index (χ3n) is 1.70. The molecule has 17 heavy (non-hydrogen) atoms. The maximum Gasteiger partial charge on any atom is 0.423 e. The maximum absolute atomic E-state index is 12.2. The zero-order chi connectivity index (χ0) is 13.9. The minimum Gasteiger partial charge on any atom is -0.331 e. The lowest BCUT2D eigenvalue weighted by Crippen LogP contribution is -2.51. The smallest absolute Gasteiger partial charge is 0.331 e. The van der Waals surface area contributed by atoms with Gasteiger partial charge in [-0.15, -0.1) is 0 Å². The SMILES string of the molecule is CCOC(C)(OC)OC(C(F)(F)F)C(F)(F)F. The first kappa shape index (κ1) is 16.5. The van der Waals surface area contributed by atoms with Gasteiger partial charge in [0.25, 0.3) is 12.1 Å². The molecule has 0 amide bonds. The lowest BCUT2D eigenvalue weighted by atomic mass is 10.3. The van der Waals surface area contributed by atoms with Gasteiger partial charge >= 0.3 is 12.4 Å². The summed E-state index contributed by atoms with van der Waals surface area (Å²) in [5.41, 5.74) is 0. The highest BCUT2D eigenvalue weighted by molar-refractivity contribution is 4.77. The summed E-state index contributed by atoms with van der Waals surface area (Å²) in [6.07, 6.45) is -15.2. The third-order valence-corrected chi connectivity index (χ3v) is 1.70. The molecule has 0 spiro atoms. The average molecular weight is 270 g/mol. The first-order chi connectivity index (χ1) is 7.46. The quantitative estimate of drug-likeness (QED) is 0.568. The van der Waals surface area contributed by atoms with E-state index in [4.69, 9.17) is 0 Å². The van der Waals surface area contributed by atoms with Gasteiger partial charge in [-0.05, 0) is 6.92 Å². The van der Waals surface area contributed by atoms with Gasteiger partial charge in [-0.1, -0.05) is 0 Å². The first-order valence-corrected chi connectivity index (χ1v) is 4.46. The Morgan fingerprint density at radius 3 is 1.65 bits per heavy atom. The van der Waals surface area contributed by atoms with Crippen molar-refractivity contribution in [1.29, 1.82) is 0 Å². The molecule has 0 rings (SSSR count). The lowest BCUT2D eigenvalue weighted by molar-refractivity contribution is -0.436. The van der Waals surface area contributed by atoms with E-state index in [9.17, 15) is 26.3 Å². The van der Waals surface area contributed by atoms with Crippen molar-refractivity contribution in [3.63, 3.8) is 0 Å². The number of ether oxygens (including phenoxy) is 3. The molecule has 0 aliphatic carbocycles. The number of rotatable bonds is 5. The van der Waals surface area contributed by atoms with E-state index in [1.165, 1.54) is 6.92 Å². The van der Waals surface area contributed by atoms with Crippen LogP contribution in [0.15, 0.2) is 0 Å². The van der Waals surface area contributed by atoms with Crippen LogP contribution >= 0.6 is 0 Å². The van der Waals surface area contributed by atoms with E-state index < -0.39 is 24.4 Å². The molecule has 0 saturated heterocycles. The molecule has 0 fully saturated rings. The fourth-order valence-electron chi connectivity index (χ4n) is 0.937. The standard InChI is InChI=1S/C8H12F6O3/c1-4-16-6(2,15-3)17-5(7(9,10)11)8(12,13)14/h5H,4H2,1-3H3. The summed E-state index contributed by atoms with van der Waals surface area (Å²) in [5.74, 6) is -2.41. The highest BCUT2D eigenvalue weighted by Crippen LogP contribution is 2.38. The van der Waals surface area contributed by atoms with Crippen LogP contribution in [0.3, 0.4) is 0 Å². The van der Waals surface area contributed by atoms with Crippen molar-refractivity contribution in [2.75, 3.05) is 13.7 Å². The number of hydrogen-bond acceptors (Lipinski definition) is 3. The molecule has 1 atom stereocenters. The van der Waals surface area contributed by atoms with E-state index in [1.54, 1.807) is 0 Å². The van der Waals surface area contributed by atoms with Crippen molar-refractivity contribution >= 4 is 0 Å². The normalized spacial score (nSPS) is 17.3. The molecule has 0 bridgehead atoms. The summed E-state index contributed by atoms with van der Waals surface area (Å²) in [4.78, 5) is 0. The van der Waals surface area contributed by atoms with E-state index in [0.29, 0.717) is 0 Å². The third kappa shape index (κ3) is 5.09. The fraction of sp³-hybridized carbons (Fsp3) is 1.00. The molecule has 0 radical (unpaired) electrons. The molecule has 0 aliphatic heterocycles. The number of alkyl halides is 6. The molecule has 3 nitrogen and oxygen atoms in total. The zero-order valence-electron chi connectivity index (χ0n) is 9.28. The Kier molecular flexibility index (Phi) is 5.23. The van der Waals surface area contributed by atoms with Crippen LogP contribution in [0.5, 0.6) is 0 Å². The van der Waals surface area contributed by atoms with Gasteiger partial charge in [-0.2, -0.15) is 26.3 Å². The number of methoxy groups -OCH3 is 1. The molecular formula is C8H12F6O3. The Morgan fingerprint density at radius 2 is 1.41 bits per heavy atom. The van der Waals surface area contributed by atoms with E-state index in [0.717, 1.165) is 14.0 Å². The van der Waals surface area contributed by atoms with Crippen LogP contribution in [-0.2, 0) is 14.2 Å². The van der Waals surface area contributed by atoms with Gasteiger partial charge in [0.1, 0.15) is 0 Å². The second-order valence-corrected chi connectivity index (χ2v) is 3.08. The van der Waals surface area contributed by atoms with Crippen LogP contribution in [0.1, 0.15) is 13.8 Å². The summed E-state index contributed by atoms with van der Waals surface area (Å²) < 4.78 is 85.8. The number of hydrogen-bond donors (Lipinski definition) is 0. The molecule has 0 aliphatic rings. The number of halogens is 6. The second-order valence-electron chi connectivity index (χ2n) is 3.08. The first-order valence-electron chi connectivity index (χ1n) is 4.46. The van der Waals surface area contributed by atoms with Gasteiger partial charge in [0.2, 0.25) is 0 Å². The van der Waals surface area contributed by atoms with Gasteiger partial charge in [-0.25, -0.2) is 0 Å². The summed E-state index contributed by atoms with van der Waals surface area (Å²) >= 11 is 0. The molecule has 0 N–H and O–H groups in total. The van der Waals surface area contributed by atoms with Crippen LogP contribution in [0.25, 0.3) is 0 Å². The van der Waals surface area contributed by atoms with E-state index >= 15 is 0 Å². The molecule has 9 heteroatoms. The topological polar surface area (TPSA) is 27.7 Å². The largest absolute Gasteiger partial charge is 0.423 e. The maximum atomic E-state index is 12.2. The summed E-state index contributed by atoms with van der Waals surface area (Å²) in [6.45, 7) is 2.02. The molecule has 0 aromatic carbocycles. The summed E-state index contributed by atoms with van der Waals surface area (Å²) in [5, 5.41) is 0. The molecule has 1 unspecified atom stereocenters. The molecule has 0 saturated carbocycles. The van der Waals surface area contributed by atoms with Crippen LogP contribution in [0, 0.1) is 0 Å². The summed E-state index contributed by atoms with van der Waals surface area (Å²) in [7, 11) is 0.874. The Balaban J connectivity index is 4.99. The molecule has 104 valence electrons.